The molecule has 166 valence electrons. The topological polar surface area (TPSA) is 35.6 Å². The van der Waals surface area contributed by atoms with E-state index in [2.05, 4.69) is 10.2 Å². The number of nitrogens with zero attached hydrogens (tertiary/aromatic N) is 2. The van der Waals surface area contributed by atoms with Gasteiger partial charge in [0.2, 0.25) is 0 Å². The zero-order valence-electron chi connectivity index (χ0n) is 17.5. The first-order valence-electron chi connectivity index (χ1n) is 11.0. The molecule has 4 rings (SSSR count). The average molecular weight is 432 g/mol. The third kappa shape index (κ3) is 5.21. The van der Waals surface area contributed by atoms with Crippen LogP contribution >= 0.6 is 0 Å². The Balaban J connectivity index is 1.35. The van der Waals surface area contributed by atoms with Crippen LogP contribution in [0.25, 0.3) is 11.1 Å². The van der Waals surface area contributed by atoms with Crippen LogP contribution in [0, 0.1) is 0 Å². The number of piperidine rings is 2. The van der Waals surface area contributed by atoms with E-state index in [1.807, 2.05) is 4.90 Å². The third-order valence-electron chi connectivity index (χ3n) is 6.34. The highest BCUT2D eigenvalue weighted by atomic mass is 19.4. The number of carbonyl (C=O) groups excluding carboxylic acids is 1. The average Bonchev–Trinajstić information content (AvgIpc) is 2.80. The molecule has 0 spiro atoms. The van der Waals surface area contributed by atoms with Gasteiger partial charge in [-0.1, -0.05) is 36.8 Å². The van der Waals surface area contributed by atoms with Crippen LogP contribution < -0.4 is 5.32 Å². The van der Waals surface area contributed by atoms with Crippen molar-refractivity contribution in [2.75, 3.05) is 31.5 Å². The van der Waals surface area contributed by atoms with Crippen molar-refractivity contribution in [3.05, 3.63) is 54.1 Å². The Morgan fingerprint density at radius 1 is 0.871 bits per heavy atom. The number of alkyl halides is 3. The fourth-order valence-electron chi connectivity index (χ4n) is 4.64. The lowest BCUT2D eigenvalue weighted by Gasteiger charge is -2.40. The number of nitrogens with one attached hydrogen (secondary N) is 1. The minimum Gasteiger partial charge on any atom is -0.324 e. The number of benzene rings is 2. The van der Waals surface area contributed by atoms with Crippen molar-refractivity contribution in [1.82, 2.24) is 9.80 Å². The van der Waals surface area contributed by atoms with Gasteiger partial charge >= 0.3 is 12.2 Å². The molecule has 7 heteroatoms. The van der Waals surface area contributed by atoms with Crippen LogP contribution in [0.3, 0.4) is 0 Å². The van der Waals surface area contributed by atoms with E-state index in [-0.39, 0.29) is 11.6 Å². The number of halogens is 3. The third-order valence-corrected chi connectivity index (χ3v) is 6.34. The maximum Gasteiger partial charge on any atom is 0.417 e. The Morgan fingerprint density at radius 3 is 2.16 bits per heavy atom. The van der Waals surface area contributed by atoms with Crippen molar-refractivity contribution < 1.29 is 18.0 Å². The van der Waals surface area contributed by atoms with E-state index in [0.717, 1.165) is 32.0 Å². The highest BCUT2D eigenvalue weighted by molar-refractivity contribution is 5.89. The minimum absolute atomic E-state index is 0.132. The second-order valence-corrected chi connectivity index (χ2v) is 8.37. The second kappa shape index (κ2) is 9.30. The van der Waals surface area contributed by atoms with Crippen LogP contribution in [0.4, 0.5) is 23.7 Å². The Hall–Kier alpha value is -2.54. The molecule has 2 aromatic rings. The molecule has 1 N–H and O–H groups in total. The predicted molar refractivity (Wildman–Crippen MR) is 116 cm³/mol. The van der Waals surface area contributed by atoms with Crippen LogP contribution in [-0.2, 0) is 6.18 Å². The number of likely N-dealkylation sites (tertiary alicyclic amines) is 2. The molecular formula is C24H28F3N3O. The molecule has 2 aliphatic heterocycles. The minimum atomic E-state index is -4.41. The zero-order valence-corrected chi connectivity index (χ0v) is 17.5. The molecule has 0 bridgehead atoms. The van der Waals surface area contributed by atoms with Gasteiger partial charge in [0.25, 0.3) is 0 Å². The molecule has 0 unspecified atom stereocenters. The first kappa shape index (κ1) is 21.7. The zero-order chi connectivity index (χ0) is 21.8. The summed E-state index contributed by atoms with van der Waals surface area (Å²) in [4.78, 5) is 17.0. The van der Waals surface area contributed by atoms with E-state index in [1.54, 1.807) is 30.3 Å². The normalized spacial score (nSPS) is 18.7. The summed E-state index contributed by atoms with van der Waals surface area (Å²) in [6, 6.07) is 12.5. The van der Waals surface area contributed by atoms with Gasteiger partial charge in [0, 0.05) is 24.8 Å². The van der Waals surface area contributed by atoms with Crippen molar-refractivity contribution in [3.63, 3.8) is 0 Å². The molecular weight excluding hydrogens is 403 g/mol. The monoisotopic (exact) mass is 431 g/mol. The smallest absolute Gasteiger partial charge is 0.324 e. The van der Waals surface area contributed by atoms with Gasteiger partial charge in [-0.25, -0.2) is 4.79 Å². The molecule has 2 heterocycles. The van der Waals surface area contributed by atoms with E-state index in [9.17, 15) is 18.0 Å². The molecule has 2 fully saturated rings. The van der Waals surface area contributed by atoms with E-state index in [1.165, 1.54) is 44.5 Å². The summed E-state index contributed by atoms with van der Waals surface area (Å²) >= 11 is 0. The Morgan fingerprint density at radius 2 is 1.52 bits per heavy atom. The lowest BCUT2D eigenvalue weighted by atomic mass is 9.99. The molecule has 2 saturated heterocycles. The van der Waals surface area contributed by atoms with Crippen molar-refractivity contribution in [2.24, 2.45) is 0 Å². The Kier molecular flexibility index (Phi) is 6.51. The van der Waals surface area contributed by atoms with Gasteiger partial charge < -0.3 is 15.1 Å². The molecule has 4 nitrogen and oxygen atoms in total. The summed E-state index contributed by atoms with van der Waals surface area (Å²) in [5.74, 6) is 0. The van der Waals surface area contributed by atoms with Gasteiger partial charge in [0.15, 0.2) is 0 Å². The van der Waals surface area contributed by atoms with Crippen LogP contribution in [0.5, 0.6) is 0 Å². The number of carbonyl (C=O) groups is 1. The summed E-state index contributed by atoms with van der Waals surface area (Å²) in [6.45, 7) is 3.79. The first-order chi connectivity index (χ1) is 14.9. The fraction of sp³-hybridized carbons (Fsp3) is 0.458. The number of rotatable bonds is 3. The molecule has 0 atom stereocenters. The number of amides is 2. The van der Waals surface area contributed by atoms with E-state index in [0.29, 0.717) is 17.3 Å². The number of urea groups is 1. The number of hydrogen-bond donors (Lipinski definition) is 1. The Bertz CT molecular complexity index is 884. The van der Waals surface area contributed by atoms with Crippen molar-refractivity contribution in [2.45, 2.75) is 44.3 Å². The lowest BCUT2D eigenvalue weighted by molar-refractivity contribution is -0.137. The summed E-state index contributed by atoms with van der Waals surface area (Å²) < 4.78 is 39.8. The highest BCUT2D eigenvalue weighted by Gasteiger charge is 2.33. The molecule has 0 saturated carbocycles. The van der Waals surface area contributed by atoms with Crippen LogP contribution in [0.2, 0.25) is 0 Å². The summed E-state index contributed by atoms with van der Waals surface area (Å²) in [6.07, 6.45) is 1.41. The van der Waals surface area contributed by atoms with Crippen molar-refractivity contribution in [1.29, 1.82) is 0 Å². The molecule has 0 aliphatic carbocycles. The number of hydrogen-bond acceptors (Lipinski definition) is 2. The molecule has 31 heavy (non-hydrogen) atoms. The second-order valence-electron chi connectivity index (χ2n) is 8.37. The van der Waals surface area contributed by atoms with Crippen LogP contribution in [0.1, 0.15) is 37.7 Å². The Labute approximate surface area is 181 Å². The van der Waals surface area contributed by atoms with Gasteiger partial charge in [-0.3, -0.25) is 0 Å². The quantitative estimate of drug-likeness (QED) is 0.661. The fourth-order valence-corrected chi connectivity index (χ4v) is 4.64. The molecule has 2 amide bonds. The molecule has 0 radical (unpaired) electrons. The largest absolute Gasteiger partial charge is 0.417 e. The molecule has 2 aliphatic rings. The lowest BCUT2D eigenvalue weighted by Crippen LogP contribution is -2.49. The van der Waals surface area contributed by atoms with Crippen LogP contribution in [-0.4, -0.2) is 48.1 Å². The van der Waals surface area contributed by atoms with E-state index >= 15 is 0 Å². The van der Waals surface area contributed by atoms with Crippen LogP contribution in [0.15, 0.2) is 48.5 Å². The van der Waals surface area contributed by atoms with E-state index in [4.69, 9.17) is 0 Å². The van der Waals surface area contributed by atoms with Gasteiger partial charge in [-0.05, 0) is 68.1 Å². The van der Waals surface area contributed by atoms with Gasteiger partial charge in [0.1, 0.15) is 0 Å². The SMILES string of the molecule is O=C(Nc1ccc(-c2ccccc2C(F)(F)F)cc1)N1CCC(N2CCCCC2)CC1. The van der Waals surface area contributed by atoms with Gasteiger partial charge in [-0.15, -0.1) is 0 Å². The van der Waals surface area contributed by atoms with Crippen molar-refractivity contribution >= 4 is 11.7 Å². The highest BCUT2D eigenvalue weighted by Crippen LogP contribution is 2.37. The summed E-state index contributed by atoms with van der Waals surface area (Å²) in [5.41, 5.74) is 0.515. The number of anilines is 1. The molecule has 2 aromatic carbocycles. The summed E-state index contributed by atoms with van der Waals surface area (Å²) in [5, 5.41) is 2.88. The maximum atomic E-state index is 13.3. The van der Waals surface area contributed by atoms with Gasteiger partial charge in [0.05, 0.1) is 5.56 Å². The summed E-state index contributed by atoms with van der Waals surface area (Å²) in [7, 11) is 0. The first-order valence-corrected chi connectivity index (χ1v) is 11.0. The van der Waals surface area contributed by atoms with E-state index < -0.39 is 11.7 Å². The predicted octanol–water partition coefficient (Wildman–Crippen LogP) is 5.85. The van der Waals surface area contributed by atoms with Gasteiger partial charge in [-0.2, -0.15) is 13.2 Å². The van der Waals surface area contributed by atoms with Crippen molar-refractivity contribution in [3.8, 4) is 11.1 Å². The molecule has 0 aromatic heterocycles. The standard InChI is InChI=1S/C24H28F3N3O/c25-24(26,27)22-7-3-2-6-21(22)18-8-10-19(11-9-18)28-23(31)30-16-12-20(13-17-30)29-14-4-1-5-15-29/h2-3,6-11,20H,1,4-5,12-17H2,(H,28,31). The maximum absolute atomic E-state index is 13.3.